The summed E-state index contributed by atoms with van der Waals surface area (Å²) in [5.74, 6) is 6.25. The average Bonchev–Trinajstić information content (AvgIpc) is 3.39. The maximum Gasteiger partial charge on any atom is 0.485 e. The number of alkyl halides is 3. The van der Waals surface area contributed by atoms with Gasteiger partial charge >= 0.3 is 17.3 Å². The molecule has 6 atom stereocenters. The molecule has 212 valence electrons. The summed E-state index contributed by atoms with van der Waals surface area (Å²) in [5, 5.41) is 0. The Labute approximate surface area is 218 Å². The van der Waals surface area contributed by atoms with Crippen molar-refractivity contribution in [3.8, 4) is 11.8 Å². The van der Waals surface area contributed by atoms with Crippen molar-refractivity contribution in [2.75, 3.05) is 13.2 Å². The second-order valence-electron chi connectivity index (χ2n) is 12.6. The van der Waals surface area contributed by atoms with Gasteiger partial charge in [-0.1, -0.05) is 54.4 Å². The highest BCUT2D eigenvalue weighted by Gasteiger charge is 2.62. The van der Waals surface area contributed by atoms with Gasteiger partial charge < -0.3 is 14.0 Å². The van der Waals surface area contributed by atoms with Crippen molar-refractivity contribution in [1.82, 2.24) is 4.57 Å². The number of rotatable bonds is 2. The highest BCUT2D eigenvalue weighted by atomic mass is 32.2. The Kier molecular flexibility index (Phi) is 7.40. The lowest BCUT2D eigenvalue weighted by Gasteiger charge is -2.43. The molecule has 7 nitrogen and oxygen atoms in total. The molecule has 2 spiro atoms. The maximum atomic E-state index is 10.7. The van der Waals surface area contributed by atoms with Crippen molar-refractivity contribution in [2.45, 2.75) is 96.7 Å². The summed E-state index contributed by atoms with van der Waals surface area (Å²) in [6.45, 7) is 16.1. The predicted octanol–water partition coefficient (Wildman–Crippen LogP) is 5.19. The van der Waals surface area contributed by atoms with E-state index in [-0.39, 0.29) is 11.1 Å². The Morgan fingerprint density at radius 2 is 1.51 bits per heavy atom. The first-order valence-electron chi connectivity index (χ1n) is 13.5. The van der Waals surface area contributed by atoms with Crippen LogP contribution in [0.5, 0.6) is 11.8 Å². The van der Waals surface area contributed by atoms with Gasteiger partial charge in [0.1, 0.15) is 13.2 Å². The van der Waals surface area contributed by atoms with Gasteiger partial charge in [-0.3, -0.25) is 0 Å². The van der Waals surface area contributed by atoms with Crippen molar-refractivity contribution < 1.29 is 40.2 Å². The smallest absolute Gasteiger partial charge is 0.485 e. The third-order valence-electron chi connectivity index (χ3n) is 9.35. The van der Waals surface area contributed by atoms with E-state index in [1.54, 1.807) is 0 Å². The van der Waals surface area contributed by atoms with Gasteiger partial charge in [-0.15, -0.1) is 0 Å². The van der Waals surface area contributed by atoms with Gasteiger partial charge in [0.25, 0.3) is 6.33 Å². The Bertz CT molecular complexity index is 1040. The average molecular weight is 551 g/mol. The minimum absolute atomic E-state index is 0.108. The SMILES string of the molecule is CC(C)[C@@H]1CC[C@@H](C)C[C@@]12COc1c3[n+](cn12)[C@@]1(CO3)C[C@H](C)CC[C@H]1C(C)C.O=S(=O)([O-])C(F)(F)F. The lowest BCUT2D eigenvalue weighted by molar-refractivity contribution is -0.759. The van der Waals surface area contributed by atoms with Crippen LogP contribution in [0.3, 0.4) is 0 Å². The van der Waals surface area contributed by atoms with Crippen molar-refractivity contribution >= 4 is 10.1 Å². The molecule has 0 N–H and O–H groups in total. The number of fused-ring (bicyclic) bond motifs is 5. The molecule has 37 heavy (non-hydrogen) atoms. The van der Waals surface area contributed by atoms with Gasteiger partial charge in [-0.25, -0.2) is 8.42 Å². The zero-order valence-corrected chi connectivity index (χ0v) is 23.5. The Balaban J connectivity index is 0.000000349. The Hall–Kier alpha value is -1.49. The molecule has 5 rings (SSSR count). The number of imidazole rings is 1. The topological polar surface area (TPSA) is 84.5 Å². The highest BCUT2D eigenvalue weighted by molar-refractivity contribution is 7.86. The molecule has 2 fully saturated rings. The molecule has 0 aromatic carbocycles. The van der Waals surface area contributed by atoms with E-state index in [0.717, 1.165) is 36.8 Å². The molecule has 3 heterocycles. The van der Waals surface area contributed by atoms with Crippen LogP contribution in [-0.4, -0.2) is 36.3 Å². The largest absolute Gasteiger partial charge is 0.741 e. The number of halogens is 3. The molecular weight excluding hydrogens is 509 g/mol. The maximum absolute atomic E-state index is 10.7. The molecule has 2 aliphatic carbocycles. The van der Waals surface area contributed by atoms with Crippen molar-refractivity contribution in [1.29, 1.82) is 0 Å². The van der Waals surface area contributed by atoms with Gasteiger partial charge in [0.2, 0.25) is 0 Å². The molecule has 0 bridgehead atoms. The second-order valence-corrected chi connectivity index (χ2v) is 14.0. The molecule has 0 saturated heterocycles. The van der Waals surface area contributed by atoms with Crippen LogP contribution in [0.2, 0.25) is 0 Å². The van der Waals surface area contributed by atoms with E-state index in [2.05, 4.69) is 57.0 Å². The molecule has 0 unspecified atom stereocenters. The third kappa shape index (κ3) is 4.76. The number of ether oxygens (including phenoxy) is 2. The van der Waals surface area contributed by atoms with Gasteiger partial charge in [0, 0.05) is 11.8 Å². The van der Waals surface area contributed by atoms with Gasteiger partial charge in [0.15, 0.2) is 21.2 Å². The molecule has 0 radical (unpaired) electrons. The van der Waals surface area contributed by atoms with Crippen LogP contribution in [0.25, 0.3) is 0 Å². The van der Waals surface area contributed by atoms with Crippen molar-refractivity contribution in [2.24, 2.45) is 35.5 Å². The molecule has 2 aliphatic heterocycles. The van der Waals surface area contributed by atoms with E-state index in [1.807, 2.05) is 0 Å². The first-order valence-corrected chi connectivity index (χ1v) is 14.9. The first kappa shape index (κ1) is 28.5. The van der Waals surface area contributed by atoms with E-state index in [0.29, 0.717) is 23.7 Å². The van der Waals surface area contributed by atoms with Crippen LogP contribution in [0.15, 0.2) is 6.33 Å². The van der Waals surface area contributed by atoms with Crippen LogP contribution in [0.4, 0.5) is 13.2 Å². The second kappa shape index (κ2) is 9.61. The number of hydrogen-bond donors (Lipinski definition) is 0. The molecule has 11 heteroatoms. The molecule has 1 aromatic heterocycles. The van der Waals surface area contributed by atoms with Gasteiger partial charge in [-0.05, 0) is 49.4 Å². The summed E-state index contributed by atoms with van der Waals surface area (Å²) in [7, 11) is -6.09. The summed E-state index contributed by atoms with van der Waals surface area (Å²) in [6, 6.07) is 0. The van der Waals surface area contributed by atoms with E-state index in [9.17, 15) is 13.2 Å². The lowest BCUT2D eigenvalue weighted by atomic mass is 9.65. The Morgan fingerprint density at radius 1 is 0.973 bits per heavy atom. The summed E-state index contributed by atoms with van der Waals surface area (Å²) in [5.41, 5.74) is -5.43. The molecule has 2 saturated carbocycles. The number of aromatic nitrogens is 2. The molecular formula is C26H41F3N2O5S. The fraction of sp³-hybridized carbons (Fsp3) is 0.885. The molecule has 1 aromatic rings. The van der Waals surface area contributed by atoms with Crippen LogP contribution >= 0.6 is 0 Å². The zero-order chi connectivity index (χ0) is 27.6. The lowest BCUT2D eigenvalue weighted by Crippen LogP contribution is -2.62. The minimum atomic E-state index is -6.09. The van der Waals surface area contributed by atoms with Crippen molar-refractivity contribution in [3.05, 3.63) is 6.33 Å². The summed E-state index contributed by atoms with van der Waals surface area (Å²) in [4.78, 5) is 0. The fourth-order valence-corrected chi connectivity index (χ4v) is 7.82. The molecule has 0 amide bonds. The van der Waals surface area contributed by atoms with E-state index < -0.39 is 15.6 Å². The summed E-state index contributed by atoms with van der Waals surface area (Å²) >= 11 is 0. The standard InChI is InChI=1S/C25H41N2O2.CHF3O3S/c1-16(2)20-9-7-18(5)11-24(20)13-28-22-23-27(15-26(22)24)25(14-29-23)12-19(6)8-10-21(25)17(3)4;2-1(3,4)8(5,6)7/h15-21H,7-14H2,1-6H3;(H,5,6,7)/q+1;/p-1/t18-,19-,20+,21+,24-,25-;/m1./s1. The summed E-state index contributed by atoms with van der Waals surface area (Å²) in [6.07, 6.45) is 10.2. The van der Waals surface area contributed by atoms with Gasteiger partial charge in [0.05, 0.1) is 0 Å². The quantitative estimate of drug-likeness (QED) is 0.288. The fourth-order valence-electron chi connectivity index (χ4n) is 7.82. The predicted molar refractivity (Wildman–Crippen MR) is 130 cm³/mol. The number of hydrogen-bond acceptors (Lipinski definition) is 5. The van der Waals surface area contributed by atoms with Crippen LogP contribution in [-0.2, 0) is 21.2 Å². The third-order valence-corrected chi connectivity index (χ3v) is 9.91. The Morgan fingerprint density at radius 3 is 2.05 bits per heavy atom. The normalized spacial score (nSPS) is 35.2. The van der Waals surface area contributed by atoms with Crippen molar-refractivity contribution in [3.63, 3.8) is 0 Å². The van der Waals surface area contributed by atoms with E-state index >= 15 is 0 Å². The zero-order valence-electron chi connectivity index (χ0n) is 22.7. The molecule has 4 aliphatic rings. The van der Waals surface area contributed by atoms with Gasteiger partial charge in [-0.2, -0.15) is 22.3 Å². The van der Waals surface area contributed by atoms with E-state index in [1.165, 1.54) is 38.5 Å². The van der Waals surface area contributed by atoms with Crippen LogP contribution in [0.1, 0.15) is 80.1 Å². The van der Waals surface area contributed by atoms with E-state index in [4.69, 9.17) is 22.4 Å². The monoisotopic (exact) mass is 550 g/mol. The minimum Gasteiger partial charge on any atom is -0.741 e. The first-order chi connectivity index (χ1) is 17.0. The highest BCUT2D eigenvalue weighted by Crippen LogP contribution is 2.54. The van der Waals surface area contributed by atoms with Crippen LogP contribution < -0.4 is 14.0 Å². The van der Waals surface area contributed by atoms with Crippen LogP contribution in [0, 0.1) is 35.5 Å². The number of nitrogens with zero attached hydrogens (tertiary/aromatic N) is 2. The summed E-state index contributed by atoms with van der Waals surface area (Å²) < 4.78 is 76.9.